The smallest absolute Gasteiger partial charge is 0.249 e. The average Bonchev–Trinajstić information content (AvgIpc) is 3.67. The molecule has 3 amide bonds. The van der Waals surface area contributed by atoms with Gasteiger partial charge in [-0.3, -0.25) is 14.4 Å². The van der Waals surface area contributed by atoms with Crippen LogP contribution in [0.1, 0.15) is 57.6 Å². The third-order valence-corrected chi connectivity index (χ3v) is 10.2. The predicted molar refractivity (Wildman–Crippen MR) is 178 cm³/mol. The van der Waals surface area contributed by atoms with E-state index in [2.05, 4.69) is 13.2 Å². The van der Waals surface area contributed by atoms with Gasteiger partial charge >= 0.3 is 0 Å². The van der Waals surface area contributed by atoms with Crippen LogP contribution in [0.4, 0.5) is 0 Å². The van der Waals surface area contributed by atoms with Gasteiger partial charge in [-0.1, -0.05) is 93.6 Å². The molecule has 0 saturated carbocycles. The van der Waals surface area contributed by atoms with Gasteiger partial charge in [-0.25, -0.2) is 0 Å². The minimum Gasteiger partial charge on any atom is -0.394 e. The number of aliphatic hydroxyl groups is 1. The molecule has 1 spiro atoms. The molecule has 2 aromatic carbocycles. The number of likely N-dealkylation sites (tertiary alicyclic amines) is 1. The van der Waals surface area contributed by atoms with E-state index in [-0.39, 0.29) is 36.8 Å². The first kappa shape index (κ1) is 33.6. The van der Waals surface area contributed by atoms with Gasteiger partial charge in [0.05, 0.1) is 30.1 Å². The number of fused-ring (bicyclic) bond motifs is 1. The summed E-state index contributed by atoms with van der Waals surface area (Å²) < 4.78 is 7.05. The van der Waals surface area contributed by atoms with Gasteiger partial charge in [-0.2, -0.15) is 0 Å². The van der Waals surface area contributed by atoms with Gasteiger partial charge in [0, 0.05) is 26.2 Å². The molecule has 3 aliphatic heterocycles. The average molecular weight is 628 g/mol. The fraction of sp³-hybridized carbons (Fsp3) is 0.500. The van der Waals surface area contributed by atoms with Gasteiger partial charge in [0.2, 0.25) is 17.7 Å². The fourth-order valence-electron chi connectivity index (χ4n) is 8.28. The summed E-state index contributed by atoms with van der Waals surface area (Å²) >= 11 is 0. The zero-order valence-electron chi connectivity index (χ0n) is 27.5. The van der Waals surface area contributed by atoms with Crippen LogP contribution in [-0.2, 0) is 32.2 Å². The molecule has 1 N–H and O–H groups in total. The maximum absolute atomic E-state index is 14.9. The minimum atomic E-state index is -1.18. The Morgan fingerprint density at radius 3 is 1.98 bits per heavy atom. The molecule has 246 valence electrons. The van der Waals surface area contributed by atoms with Crippen LogP contribution in [0.5, 0.6) is 0 Å². The van der Waals surface area contributed by atoms with Crippen LogP contribution >= 0.6 is 0 Å². The van der Waals surface area contributed by atoms with E-state index in [4.69, 9.17) is 4.74 Å². The monoisotopic (exact) mass is 627 g/mol. The van der Waals surface area contributed by atoms with E-state index in [9.17, 15) is 19.5 Å². The number of carbonyl (C=O) groups is 3. The Morgan fingerprint density at radius 1 is 0.957 bits per heavy atom. The first-order chi connectivity index (χ1) is 22.2. The highest BCUT2D eigenvalue weighted by molar-refractivity contribution is 5.99. The van der Waals surface area contributed by atoms with Crippen LogP contribution in [0, 0.1) is 17.8 Å². The summed E-state index contributed by atoms with van der Waals surface area (Å²) in [7, 11) is 0. The Balaban J connectivity index is 1.59. The maximum atomic E-state index is 14.9. The van der Waals surface area contributed by atoms with Crippen molar-refractivity contribution in [2.45, 2.75) is 82.8 Å². The summed E-state index contributed by atoms with van der Waals surface area (Å²) in [6, 6.07) is 18.0. The Hall–Kier alpha value is -3.75. The number of carbonyl (C=O) groups excluding carboxylic acids is 3. The Bertz CT molecular complexity index is 1410. The lowest BCUT2D eigenvalue weighted by atomic mass is 9.64. The lowest BCUT2D eigenvalue weighted by Crippen LogP contribution is -2.59. The first-order valence-corrected chi connectivity index (χ1v) is 16.7. The van der Waals surface area contributed by atoms with Crippen LogP contribution in [0.15, 0.2) is 86.0 Å². The van der Waals surface area contributed by atoms with E-state index >= 15 is 0 Å². The Kier molecular flexibility index (Phi) is 10.2. The highest BCUT2D eigenvalue weighted by atomic mass is 16.5. The van der Waals surface area contributed by atoms with Crippen molar-refractivity contribution < 1.29 is 24.2 Å². The van der Waals surface area contributed by atoms with Crippen molar-refractivity contribution >= 4 is 17.7 Å². The van der Waals surface area contributed by atoms with Crippen molar-refractivity contribution in [2.24, 2.45) is 17.8 Å². The molecule has 46 heavy (non-hydrogen) atoms. The minimum absolute atomic E-state index is 0.157. The zero-order valence-corrected chi connectivity index (χ0v) is 27.5. The number of ether oxygens (including phenoxy) is 1. The molecular formula is C38H49N3O5. The predicted octanol–water partition coefficient (Wildman–Crippen LogP) is 4.98. The van der Waals surface area contributed by atoms with Crippen LogP contribution < -0.4 is 0 Å². The summed E-state index contributed by atoms with van der Waals surface area (Å²) in [4.78, 5) is 49.6. The number of nitrogens with zero attached hydrogens (tertiary/aromatic N) is 3. The van der Waals surface area contributed by atoms with E-state index in [1.165, 1.54) is 0 Å². The molecular weight excluding hydrogens is 578 g/mol. The van der Waals surface area contributed by atoms with Crippen molar-refractivity contribution in [2.75, 3.05) is 19.7 Å². The topological polar surface area (TPSA) is 90.4 Å². The second-order valence-electron chi connectivity index (χ2n) is 13.5. The van der Waals surface area contributed by atoms with Crippen molar-refractivity contribution in [3.63, 3.8) is 0 Å². The van der Waals surface area contributed by atoms with Gasteiger partial charge in [0.15, 0.2) is 0 Å². The molecule has 3 heterocycles. The summed E-state index contributed by atoms with van der Waals surface area (Å²) in [5.74, 6) is -2.11. The number of benzene rings is 2. The Morgan fingerprint density at radius 2 is 1.50 bits per heavy atom. The number of hydrogen-bond acceptors (Lipinski definition) is 5. The molecule has 8 heteroatoms. The largest absolute Gasteiger partial charge is 0.394 e. The lowest BCUT2D eigenvalue weighted by Gasteiger charge is -2.40. The van der Waals surface area contributed by atoms with Gasteiger partial charge < -0.3 is 24.5 Å². The highest BCUT2D eigenvalue weighted by Crippen LogP contribution is 2.65. The summed E-state index contributed by atoms with van der Waals surface area (Å²) in [6.45, 7) is 14.9. The zero-order chi connectivity index (χ0) is 33.1. The van der Waals surface area contributed by atoms with Gasteiger partial charge in [0.1, 0.15) is 11.6 Å². The molecule has 0 aromatic heterocycles. The molecule has 2 unspecified atom stereocenters. The van der Waals surface area contributed by atoms with Crippen LogP contribution in [0.3, 0.4) is 0 Å². The van der Waals surface area contributed by atoms with Crippen LogP contribution in [-0.4, -0.2) is 80.5 Å². The highest BCUT2D eigenvalue weighted by Gasteiger charge is 2.79. The van der Waals surface area contributed by atoms with Gasteiger partial charge in [0.25, 0.3) is 0 Å². The van der Waals surface area contributed by atoms with E-state index in [1.54, 1.807) is 26.9 Å². The second kappa shape index (κ2) is 13.9. The Labute approximate surface area is 273 Å². The quantitative estimate of drug-likeness (QED) is 0.282. The fourth-order valence-corrected chi connectivity index (χ4v) is 8.28. The van der Waals surface area contributed by atoms with Crippen molar-refractivity contribution in [3.8, 4) is 0 Å². The van der Waals surface area contributed by atoms with E-state index < -0.39 is 35.1 Å². The van der Waals surface area contributed by atoms with Gasteiger partial charge in [-0.15, -0.1) is 13.2 Å². The number of rotatable bonds is 15. The summed E-state index contributed by atoms with van der Waals surface area (Å²) in [6.07, 6.45) is 5.52. The van der Waals surface area contributed by atoms with Crippen LogP contribution in [0.25, 0.3) is 0 Å². The standard InChI is InChI=1S/C38H49N3O5/c1-6-21-39(24-28-15-11-9-12-16-28)34(43)31-32-35(44)41(30(26-42)23-27(4)5)33(38(32)20-19-37(31,8-3)46-38)36(45)40(22-7-2)25-29-17-13-10-14-18-29/h6-7,9-18,27,30-33,42H,1-2,8,19-26H2,3-5H3/t30-,31+,32+,33?,37-,38?/m1/s1. The summed E-state index contributed by atoms with van der Waals surface area (Å²) in [5.41, 5.74) is -0.113. The molecule has 0 aliphatic carbocycles. The molecule has 0 radical (unpaired) electrons. The normalized spacial score (nSPS) is 27.0. The molecule has 3 aliphatic rings. The molecule has 3 fully saturated rings. The number of aliphatic hydroxyl groups excluding tert-OH is 1. The SMILES string of the molecule is C=CCN(Cc1ccccc1)C(=O)C1N([C@@H](CO)CC(C)C)C(=O)[C@@H]2[C@@H](C(=O)N(CC=C)Cc3ccccc3)[C@@]3(CC)CCC12O3. The number of hydrogen-bond donors (Lipinski definition) is 1. The molecule has 8 nitrogen and oxygen atoms in total. The molecule has 2 aromatic rings. The second-order valence-corrected chi connectivity index (χ2v) is 13.5. The molecule has 2 bridgehead atoms. The maximum Gasteiger partial charge on any atom is 0.249 e. The third kappa shape index (κ3) is 5.93. The molecule has 3 saturated heterocycles. The first-order valence-electron chi connectivity index (χ1n) is 16.7. The lowest BCUT2D eigenvalue weighted by molar-refractivity contribution is -0.158. The van der Waals surface area contributed by atoms with E-state index in [1.807, 2.05) is 81.4 Å². The molecule has 5 rings (SSSR count). The molecule has 6 atom stereocenters. The van der Waals surface area contributed by atoms with E-state index in [0.717, 1.165) is 11.1 Å². The number of amides is 3. The van der Waals surface area contributed by atoms with Crippen LogP contribution in [0.2, 0.25) is 0 Å². The van der Waals surface area contributed by atoms with Crippen molar-refractivity contribution in [1.82, 2.24) is 14.7 Å². The van der Waals surface area contributed by atoms with Gasteiger partial charge in [-0.05, 0) is 42.7 Å². The van der Waals surface area contributed by atoms with Crippen molar-refractivity contribution in [3.05, 3.63) is 97.1 Å². The summed E-state index contributed by atoms with van der Waals surface area (Å²) in [5, 5.41) is 10.7. The van der Waals surface area contributed by atoms with Crippen molar-refractivity contribution in [1.29, 1.82) is 0 Å². The van der Waals surface area contributed by atoms with E-state index in [0.29, 0.717) is 45.3 Å². The third-order valence-electron chi connectivity index (χ3n) is 10.2.